The number of nitrogens with two attached hydrogens (primary N) is 5. The van der Waals surface area contributed by atoms with E-state index in [2.05, 4.69) is 24.1 Å². The van der Waals surface area contributed by atoms with Gasteiger partial charge in [0.15, 0.2) is 0 Å². The van der Waals surface area contributed by atoms with E-state index in [0.29, 0.717) is 5.92 Å². The summed E-state index contributed by atoms with van der Waals surface area (Å²) in [5, 5.41) is 3.59. The Labute approximate surface area is 219 Å². The van der Waals surface area contributed by atoms with E-state index < -0.39 is 5.79 Å². The quantitative estimate of drug-likeness (QED) is 0.0728. The Morgan fingerprint density at radius 3 is 1.60 bits per heavy atom. The van der Waals surface area contributed by atoms with Gasteiger partial charge in [-0.1, -0.05) is 78.1 Å². The molecule has 0 aromatic carbocycles. The van der Waals surface area contributed by atoms with Gasteiger partial charge >= 0.3 is 0 Å². The lowest BCUT2D eigenvalue weighted by Gasteiger charge is -2.42. The lowest BCUT2D eigenvalue weighted by atomic mass is 10.0. The number of nitrogens with zero attached hydrogens (tertiary/aromatic N) is 1. The first kappa shape index (κ1) is 34.7. The summed E-state index contributed by atoms with van der Waals surface area (Å²) in [5.41, 5.74) is 31.0. The molecule has 0 aliphatic rings. The van der Waals surface area contributed by atoms with E-state index in [1.807, 2.05) is 0 Å². The van der Waals surface area contributed by atoms with Crippen LogP contribution in [0.25, 0.3) is 0 Å². The van der Waals surface area contributed by atoms with Crippen molar-refractivity contribution in [3.05, 3.63) is 0 Å². The Morgan fingerprint density at radius 1 is 0.629 bits per heavy atom. The minimum absolute atomic E-state index is 0.0637. The van der Waals surface area contributed by atoms with Crippen LogP contribution in [0.15, 0.2) is 0 Å². The molecule has 0 radical (unpaired) electrons. The zero-order valence-electron chi connectivity index (χ0n) is 23.8. The summed E-state index contributed by atoms with van der Waals surface area (Å²) in [5.74, 6) is -0.232. The first-order chi connectivity index (χ1) is 16.8. The fraction of sp³-hybridized carbons (Fsp3) is 1.00. The highest BCUT2D eigenvalue weighted by Crippen LogP contribution is 2.20. The van der Waals surface area contributed by atoms with E-state index in [9.17, 15) is 0 Å². The molecule has 1 atom stereocenters. The second kappa shape index (κ2) is 24.1. The van der Waals surface area contributed by atoms with Crippen molar-refractivity contribution in [3.8, 4) is 0 Å². The van der Waals surface area contributed by atoms with E-state index in [-0.39, 0.29) is 6.17 Å². The van der Waals surface area contributed by atoms with Gasteiger partial charge < -0.3 is 34.0 Å². The van der Waals surface area contributed by atoms with Crippen molar-refractivity contribution < 1.29 is 0 Å². The highest BCUT2D eigenvalue weighted by molar-refractivity contribution is 4.82. The highest BCUT2D eigenvalue weighted by Gasteiger charge is 2.31. The zero-order valence-corrected chi connectivity index (χ0v) is 23.8. The van der Waals surface area contributed by atoms with Gasteiger partial charge in [-0.3, -0.25) is 4.90 Å². The molecular weight excluding hydrogens is 434 g/mol. The van der Waals surface area contributed by atoms with Gasteiger partial charge in [-0.05, 0) is 83.5 Å². The van der Waals surface area contributed by atoms with Crippen LogP contribution in [-0.2, 0) is 0 Å². The van der Waals surface area contributed by atoms with Gasteiger partial charge in [0, 0.05) is 6.54 Å². The lowest BCUT2D eigenvalue weighted by molar-refractivity contribution is 0.0339. The molecular formula is C28H65N7. The summed E-state index contributed by atoms with van der Waals surface area (Å²) in [6.07, 6.45) is 21.1. The van der Waals surface area contributed by atoms with Gasteiger partial charge in [-0.15, -0.1) is 0 Å². The fourth-order valence-electron chi connectivity index (χ4n) is 4.64. The van der Waals surface area contributed by atoms with Crippen LogP contribution < -0.4 is 34.0 Å². The molecule has 1 unspecified atom stereocenters. The smallest absolute Gasteiger partial charge is 0.122 e. The van der Waals surface area contributed by atoms with E-state index in [1.165, 1.54) is 77.0 Å². The maximum atomic E-state index is 6.64. The maximum absolute atomic E-state index is 6.64. The predicted molar refractivity (Wildman–Crippen MR) is 155 cm³/mol. The average molecular weight is 500 g/mol. The molecule has 0 rings (SSSR count). The zero-order chi connectivity index (χ0) is 26.2. The number of unbranched alkanes of at least 4 members (excludes halogenated alkanes) is 12. The van der Waals surface area contributed by atoms with E-state index in [1.54, 1.807) is 0 Å². The van der Waals surface area contributed by atoms with Crippen molar-refractivity contribution >= 4 is 0 Å². The van der Waals surface area contributed by atoms with Gasteiger partial charge in [-0.2, -0.15) is 0 Å². The summed E-state index contributed by atoms with van der Waals surface area (Å²) in [4.78, 5) is 2.20. The molecule has 0 amide bonds. The summed E-state index contributed by atoms with van der Waals surface area (Å²) in [6, 6.07) is 0. The molecule has 0 spiro atoms. The molecule has 0 bridgehead atoms. The van der Waals surface area contributed by atoms with E-state index in [4.69, 9.17) is 28.7 Å². The van der Waals surface area contributed by atoms with Crippen molar-refractivity contribution in [2.75, 3.05) is 32.7 Å². The molecule has 11 N–H and O–H groups in total. The van der Waals surface area contributed by atoms with Crippen molar-refractivity contribution in [1.29, 1.82) is 0 Å². The Bertz CT molecular complexity index is 432. The summed E-state index contributed by atoms with van der Waals surface area (Å²) >= 11 is 0. The van der Waals surface area contributed by atoms with Gasteiger partial charge in [-0.25, -0.2) is 0 Å². The van der Waals surface area contributed by atoms with Crippen LogP contribution in [0.2, 0.25) is 0 Å². The number of rotatable bonds is 27. The SMILES string of the molecule is CC(C)CCC(N)(N)N(CCCCCCCNCCCCCCCN)C(N)CCCCCCCN. The molecule has 0 aromatic rings. The third-order valence-electron chi connectivity index (χ3n) is 7.07. The molecule has 212 valence electrons. The normalized spacial score (nSPS) is 13.3. The van der Waals surface area contributed by atoms with Crippen molar-refractivity contribution in [2.45, 2.75) is 141 Å². The largest absolute Gasteiger partial charge is 0.330 e. The van der Waals surface area contributed by atoms with Crippen molar-refractivity contribution in [3.63, 3.8) is 0 Å². The predicted octanol–water partition coefficient (Wildman–Crippen LogP) is 4.33. The number of hydrogen-bond donors (Lipinski definition) is 6. The molecule has 7 nitrogen and oxygen atoms in total. The standard InChI is InChI=1S/C28H65N7/c1-26(2)19-20-28(32,33)35(27(31)18-12-6-3-7-13-21-29)25-17-11-5-10-16-24-34-23-15-9-4-8-14-22-30/h26-27,34H,3-25,29-33H2,1-2H3. The topological polar surface area (TPSA) is 145 Å². The summed E-state index contributed by atoms with van der Waals surface area (Å²) < 4.78 is 0. The van der Waals surface area contributed by atoms with Gasteiger partial charge in [0.25, 0.3) is 0 Å². The Morgan fingerprint density at radius 2 is 1.09 bits per heavy atom. The fourth-order valence-corrected chi connectivity index (χ4v) is 4.64. The maximum Gasteiger partial charge on any atom is 0.122 e. The number of hydrogen-bond acceptors (Lipinski definition) is 7. The van der Waals surface area contributed by atoms with Crippen LogP contribution in [0, 0.1) is 5.92 Å². The molecule has 0 fully saturated rings. The molecule has 0 aliphatic carbocycles. The first-order valence-corrected chi connectivity index (χ1v) is 15.1. The van der Waals surface area contributed by atoms with Crippen molar-refractivity contribution in [1.82, 2.24) is 10.2 Å². The minimum Gasteiger partial charge on any atom is -0.330 e. The Balaban J connectivity index is 4.13. The average Bonchev–Trinajstić information content (AvgIpc) is 2.82. The third-order valence-corrected chi connectivity index (χ3v) is 7.07. The molecule has 0 saturated heterocycles. The van der Waals surface area contributed by atoms with E-state index >= 15 is 0 Å². The van der Waals surface area contributed by atoms with Crippen LogP contribution in [0.3, 0.4) is 0 Å². The molecule has 35 heavy (non-hydrogen) atoms. The second-order valence-corrected chi connectivity index (χ2v) is 11.1. The van der Waals surface area contributed by atoms with Crippen LogP contribution in [0.5, 0.6) is 0 Å². The molecule has 0 heterocycles. The van der Waals surface area contributed by atoms with Crippen LogP contribution in [0.1, 0.15) is 129 Å². The van der Waals surface area contributed by atoms with Crippen LogP contribution in [-0.4, -0.2) is 49.6 Å². The highest BCUT2D eigenvalue weighted by atomic mass is 15.4. The van der Waals surface area contributed by atoms with Gasteiger partial charge in [0.05, 0.1) is 6.17 Å². The summed E-state index contributed by atoms with van der Waals surface area (Å²) in [7, 11) is 0. The molecule has 7 heteroatoms. The first-order valence-electron chi connectivity index (χ1n) is 15.1. The Hall–Kier alpha value is -0.280. The number of nitrogens with one attached hydrogen (secondary N) is 1. The second-order valence-electron chi connectivity index (χ2n) is 11.1. The molecule has 0 aliphatic heterocycles. The minimum atomic E-state index is -0.822. The summed E-state index contributed by atoms with van der Waals surface area (Å²) in [6.45, 7) is 9.24. The monoisotopic (exact) mass is 500 g/mol. The van der Waals surface area contributed by atoms with Gasteiger partial charge in [0.2, 0.25) is 0 Å². The van der Waals surface area contributed by atoms with Crippen molar-refractivity contribution in [2.24, 2.45) is 34.6 Å². The van der Waals surface area contributed by atoms with E-state index in [0.717, 1.165) is 71.2 Å². The molecule has 0 saturated carbocycles. The van der Waals surface area contributed by atoms with Crippen LogP contribution >= 0.6 is 0 Å². The lowest BCUT2D eigenvalue weighted by Crippen LogP contribution is -2.67. The third kappa shape index (κ3) is 21.5. The van der Waals surface area contributed by atoms with Gasteiger partial charge in [0.1, 0.15) is 5.79 Å². The van der Waals surface area contributed by atoms with Crippen LogP contribution in [0.4, 0.5) is 0 Å². The Kier molecular flexibility index (Phi) is 23.9. The molecule has 0 aromatic heterocycles.